The number of hydrogen-bond acceptors (Lipinski definition) is 2. The summed E-state index contributed by atoms with van der Waals surface area (Å²) in [5.74, 6) is 1.01. The van der Waals surface area contributed by atoms with Crippen molar-refractivity contribution in [3.63, 3.8) is 0 Å². The molecule has 29 heavy (non-hydrogen) atoms. The molecular weight excluding hydrogens is 360 g/mol. The van der Waals surface area contributed by atoms with E-state index < -0.39 is 5.91 Å². The molecule has 1 heterocycles. The summed E-state index contributed by atoms with van der Waals surface area (Å²) in [5, 5.41) is 3.19. The summed E-state index contributed by atoms with van der Waals surface area (Å²) >= 11 is 0. The average Bonchev–Trinajstić information content (AvgIpc) is 3.10. The maximum atomic E-state index is 12.9. The molecule has 3 saturated carbocycles. The largest absolute Gasteiger partial charge is 0.365 e. The van der Waals surface area contributed by atoms with Gasteiger partial charge < -0.3 is 11.1 Å². The van der Waals surface area contributed by atoms with Crippen molar-refractivity contribution >= 4 is 17.4 Å². The molecule has 2 amide bonds. The van der Waals surface area contributed by atoms with Gasteiger partial charge in [0.2, 0.25) is 0 Å². The zero-order valence-corrected chi connectivity index (χ0v) is 17.5. The quantitative estimate of drug-likeness (QED) is 0.745. The topological polar surface area (TPSA) is 72.2 Å². The SMILES string of the molecule is C[C@@]12CCC[C@H]1[C@@H]1CC[C@H]3NC(=O)C(C(N)=O)=C(c4ccccc4)[C@]3(C)[C@H]1CC2. The summed E-state index contributed by atoms with van der Waals surface area (Å²) < 4.78 is 0. The number of carbonyl (C=O) groups is 2. The molecule has 0 unspecified atom stereocenters. The van der Waals surface area contributed by atoms with Crippen LogP contribution in [0.15, 0.2) is 35.9 Å². The van der Waals surface area contributed by atoms with Crippen molar-refractivity contribution in [1.29, 1.82) is 0 Å². The van der Waals surface area contributed by atoms with Gasteiger partial charge in [0.05, 0.1) is 0 Å². The third kappa shape index (κ3) is 2.57. The smallest absolute Gasteiger partial charge is 0.257 e. The summed E-state index contributed by atoms with van der Waals surface area (Å²) in [4.78, 5) is 25.4. The molecule has 0 aromatic heterocycles. The first-order valence-electron chi connectivity index (χ1n) is 11.3. The molecule has 4 aliphatic rings. The lowest BCUT2D eigenvalue weighted by Gasteiger charge is -2.60. The molecule has 3 fully saturated rings. The summed E-state index contributed by atoms with van der Waals surface area (Å²) in [7, 11) is 0. The predicted octanol–water partition coefficient (Wildman–Crippen LogP) is 4.06. The van der Waals surface area contributed by atoms with Crippen molar-refractivity contribution in [2.75, 3.05) is 0 Å². The van der Waals surface area contributed by atoms with E-state index in [0.29, 0.717) is 17.3 Å². The molecule has 1 aromatic rings. The van der Waals surface area contributed by atoms with E-state index in [4.69, 9.17) is 5.73 Å². The molecule has 4 heteroatoms. The van der Waals surface area contributed by atoms with Gasteiger partial charge in [-0.3, -0.25) is 9.59 Å². The minimum Gasteiger partial charge on any atom is -0.365 e. The zero-order valence-electron chi connectivity index (χ0n) is 17.5. The van der Waals surface area contributed by atoms with Crippen molar-refractivity contribution < 1.29 is 9.59 Å². The van der Waals surface area contributed by atoms with E-state index >= 15 is 0 Å². The normalized spacial score (nSPS) is 41.2. The number of rotatable bonds is 2. The predicted molar refractivity (Wildman–Crippen MR) is 113 cm³/mol. The van der Waals surface area contributed by atoms with E-state index in [1.54, 1.807) is 0 Å². The molecule has 6 atom stereocenters. The van der Waals surface area contributed by atoms with Gasteiger partial charge in [-0.1, -0.05) is 50.6 Å². The van der Waals surface area contributed by atoms with Gasteiger partial charge in [-0.15, -0.1) is 0 Å². The fourth-order valence-electron chi connectivity index (χ4n) is 7.84. The van der Waals surface area contributed by atoms with Crippen molar-refractivity contribution in [1.82, 2.24) is 5.32 Å². The van der Waals surface area contributed by atoms with Gasteiger partial charge in [0.25, 0.3) is 11.8 Å². The average molecular weight is 393 g/mol. The monoisotopic (exact) mass is 392 g/mol. The molecule has 3 N–H and O–H groups in total. The van der Waals surface area contributed by atoms with Crippen LogP contribution in [0.3, 0.4) is 0 Å². The summed E-state index contributed by atoms with van der Waals surface area (Å²) in [6, 6.07) is 10.1. The Morgan fingerprint density at radius 3 is 2.52 bits per heavy atom. The molecule has 0 spiro atoms. The minimum absolute atomic E-state index is 0.0697. The summed E-state index contributed by atoms with van der Waals surface area (Å²) in [6.07, 6.45) is 8.61. The van der Waals surface area contributed by atoms with Gasteiger partial charge in [0.1, 0.15) is 5.57 Å². The maximum absolute atomic E-state index is 12.9. The molecule has 0 bridgehead atoms. The molecule has 5 rings (SSSR count). The van der Waals surface area contributed by atoms with Crippen LogP contribution in [0.4, 0.5) is 0 Å². The second kappa shape index (κ2) is 6.45. The first-order valence-corrected chi connectivity index (χ1v) is 11.3. The number of primary amides is 1. The minimum atomic E-state index is -0.607. The Morgan fingerprint density at radius 1 is 1.03 bits per heavy atom. The second-order valence-electron chi connectivity index (χ2n) is 10.3. The molecular formula is C25H32N2O2. The second-order valence-corrected chi connectivity index (χ2v) is 10.3. The number of amides is 2. The number of nitrogens with two attached hydrogens (primary N) is 1. The molecule has 1 aromatic carbocycles. The highest BCUT2D eigenvalue weighted by atomic mass is 16.2. The zero-order chi connectivity index (χ0) is 20.4. The van der Waals surface area contributed by atoms with E-state index in [2.05, 4.69) is 19.2 Å². The van der Waals surface area contributed by atoms with Crippen molar-refractivity contribution in [2.24, 2.45) is 34.3 Å². The lowest BCUT2D eigenvalue weighted by Crippen LogP contribution is -2.62. The standard InChI is InChI=1S/C25H32N2O2/c1-24-13-6-9-17(24)16-10-11-19-25(2,18(16)12-14-24)21(15-7-4-3-5-8-15)20(22(26)28)23(29)27-19/h3-5,7-8,16-19H,6,9-14H2,1-2H3,(H2,26,28)(H,27,29)/t16-,17-,18-,19+,24-,25+/m0/s1. The van der Waals surface area contributed by atoms with Gasteiger partial charge in [-0.2, -0.15) is 0 Å². The number of hydrogen-bond donors (Lipinski definition) is 2. The van der Waals surface area contributed by atoms with Crippen LogP contribution < -0.4 is 11.1 Å². The molecule has 4 nitrogen and oxygen atoms in total. The van der Waals surface area contributed by atoms with E-state index in [-0.39, 0.29) is 22.9 Å². The van der Waals surface area contributed by atoms with Crippen molar-refractivity contribution in [3.8, 4) is 0 Å². The van der Waals surface area contributed by atoms with Crippen LogP contribution in [0, 0.1) is 28.6 Å². The third-order valence-electron chi connectivity index (χ3n) is 9.13. The van der Waals surface area contributed by atoms with Crippen molar-refractivity contribution in [3.05, 3.63) is 41.5 Å². The molecule has 0 saturated heterocycles. The van der Waals surface area contributed by atoms with Gasteiger partial charge in [0.15, 0.2) is 0 Å². The van der Waals surface area contributed by atoms with Gasteiger partial charge >= 0.3 is 0 Å². The molecule has 154 valence electrons. The highest BCUT2D eigenvalue weighted by molar-refractivity contribution is 6.24. The van der Waals surface area contributed by atoms with E-state index in [0.717, 1.165) is 23.5 Å². The molecule has 3 aliphatic carbocycles. The van der Waals surface area contributed by atoms with E-state index in [1.165, 1.54) is 38.5 Å². The Hall–Kier alpha value is -2.10. The Labute approximate surface area is 173 Å². The lowest BCUT2D eigenvalue weighted by atomic mass is 9.46. The summed E-state index contributed by atoms with van der Waals surface area (Å²) in [6.45, 7) is 4.80. The summed E-state index contributed by atoms with van der Waals surface area (Å²) in [5.41, 5.74) is 8.05. The Morgan fingerprint density at radius 2 is 1.79 bits per heavy atom. The highest BCUT2D eigenvalue weighted by Gasteiger charge is 2.60. The van der Waals surface area contributed by atoms with E-state index in [9.17, 15) is 9.59 Å². The van der Waals surface area contributed by atoms with Gasteiger partial charge in [-0.05, 0) is 72.8 Å². The van der Waals surface area contributed by atoms with Crippen LogP contribution >= 0.6 is 0 Å². The Kier molecular flexibility index (Phi) is 4.20. The Bertz CT molecular complexity index is 891. The van der Waals surface area contributed by atoms with Crippen LogP contribution in [0.5, 0.6) is 0 Å². The highest BCUT2D eigenvalue weighted by Crippen LogP contribution is 2.65. The Balaban J connectivity index is 1.69. The molecule has 0 radical (unpaired) electrons. The van der Waals surface area contributed by atoms with Crippen LogP contribution in [-0.2, 0) is 9.59 Å². The van der Waals surface area contributed by atoms with Crippen LogP contribution in [0.25, 0.3) is 5.57 Å². The van der Waals surface area contributed by atoms with Gasteiger partial charge in [-0.25, -0.2) is 0 Å². The van der Waals surface area contributed by atoms with Crippen LogP contribution in [-0.4, -0.2) is 17.9 Å². The molecule has 1 aliphatic heterocycles. The number of nitrogens with one attached hydrogen (secondary N) is 1. The number of fused-ring (bicyclic) bond motifs is 5. The van der Waals surface area contributed by atoms with Crippen LogP contribution in [0.2, 0.25) is 0 Å². The fraction of sp³-hybridized carbons (Fsp3) is 0.600. The number of carbonyl (C=O) groups excluding carboxylic acids is 2. The van der Waals surface area contributed by atoms with Crippen molar-refractivity contribution in [2.45, 2.75) is 64.8 Å². The fourth-order valence-corrected chi connectivity index (χ4v) is 7.84. The first kappa shape index (κ1) is 18.9. The van der Waals surface area contributed by atoms with Crippen LogP contribution in [0.1, 0.15) is 64.4 Å². The maximum Gasteiger partial charge on any atom is 0.257 e. The van der Waals surface area contributed by atoms with E-state index in [1.807, 2.05) is 30.3 Å². The lowest BCUT2D eigenvalue weighted by molar-refractivity contribution is -0.126. The van der Waals surface area contributed by atoms with Gasteiger partial charge in [0, 0.05) is 11.5 Å². The third-order valence-corrected chi connectivity index (χ3v) is 9.13. The first-order chi connectivity index (χ1) is 13.9. The number of benzene rings is 1.